The third kappa shape index (κ3) is 3.48. The van der Waals surface area contributed by atoms with Gasteiger partial charge in [-0.3, -0.25) is 0 Å². The van der Waals surface area contributed by atoms with Gasteiger partial charge >= 0.3 is 0 Å². The standard InChI is InChI=1S/C13H20ClNO/c1-2-3-8-13(16)11(9-15)10-6-4-5-7-12(10)14/h4-7,11,13,16H,2-3,8-9,15H2,1H3. The number of nitrogens with two attached hydrogens (primary N) is 1. The Labute approximate surface area is 102 Å². The Bertz CT molecular complexity index is 317. The normalized spacial score (nSPS) is 14.8. The number of unbranched alkanes of at least 4 members (excludes halogenated alkanes) is 1. The molecule has 0 amide bonds. The van der Waals surface area contributed by atoms with Crippen LogP contribution in [0.25, 0.3) is 0 Å². The molecule has 0 radical (unpaired) electrons. The van der Waals surface area contributed by atoms with Gasteiger partial charge < -0.3 is 10.8 Å². The Morgan fingerprint density at radius 3 is 2.62 bits per heavy atom. The summed E-state index contributed by atoms with van der Waals surface area (Å²) in [5.74, 6) is -0.0553. The molecule has 0 fully saturated rings. The van der Waals surface area contributed by atoms with Gasteiger partial charge in [-0.25, -0.2) is 0 Å². The van der Waals surface area contributed by atoms with E-state index in [4.69, 9.17) is 17.3 Å². The van der Waals surface area contributed by atoms with Crippen LogP contribution >= 0.6 is 11.6 Å². The number of rotatable bonds is 6. The number of halogens is 1. The Hall–Kier alpha value is -0.570. The highest BCUT2D eigenvalue weighted by atomic mass is 35.5. The quantitative estimate of drug-likeness (QED) is 0.805. The van der Waals surface area contributed by atoms with Crippen LogP contribution in [0.3, 0.4) is 0 Å². The molecule has 16 heavy (non-hydrogen) atoms. The number of benzene rings is 1. The summed E-state index contributed by atoms with van der Waals surface area (Å²) in [7, 11) is 0. The van der Waals surface area contributed by atoms with Gasteiger partial charge in [0.15, 0.2) is 0 Å². The summed E-state index contributed by atoms with van der Waals surface area (Å²) in [6.45, 7) is 2.54. The molecule has 2 atom stereocenters. The lowest BCUT2D eigenvalue weighted by Crippen LogP contribution is -2.26. The van der Waals surface area contributed by atoms with E-state index in [0.29, 0.717) is 11.6 Å². The molecule has 2 unspecified atom stereocenters. The lowest BCUT2D eigenvalue weighted by atomic mass is 9.90. The van der Waals surface area contributed by atoms with E-state index in [0.717, 1.165) is 24.8 Å². The van der Waals surface area contributed by atoms with E-state index < -0.39 is 6.10 Å². The van der Waals surface area contributed by atoms with Gasteiger partial charge in [0.1, 0.15) is 0 Å². The number of aliphatic hydroxyl groups excluding tert-OH is 1. The zero-order valence-corrected chi connectivity index (χ0v) is 10.5. The predicted octanol–water partition coefficient (Wildman–Crippen LogP) is 2.93. The summed E-state index contributed by atoms with van der Waals surface area (Å²) in [5.41, 5.74) is 6.68. The Morgan fingerprint density at radius 2 is 2.06 bits per heavy atom. The molecule has 0 aliphatic heterocycles. The van der Waals surface area contributed by atoms with Crippen LogP contribution in [0.4, 0.5) is 0 Å². The molecular formula is C13H20ClNO. The first-order valence-corrected chi connectivity index (χ1v) is 6.21. The highest BCUT2D eigenvalue weighted by Gasteiger charge is 2.21. The van der Waals surface area contributed by atoms with E-state index in [1.165, 1.54) is 0 Å². The molecular weight excluding hydrogens is 222 g/mol. The van der Waals surface area contributed by atoms with Crippen LogP contribution in [-0.4, -0.2) is 17.8 Å². The van der Waals surface area contributed by atoms with Gasteiger partial charge in [0, 0.05) is 17.5 Å². The number of hydrogen-bond donors (Lipinski definition) is 2. The third-order valence-corrected chi connectivity index (χ3v) is 3.22. The molecule has 2 nitrogen and oxygen atoms in total. The van der Waals surface area contributed by atoms with Crippen LogP contribution in [0.15, 0.2) is 24.3 Å². The van der Waals surface area contributed by atoms with Crippen molar-refractivity contribution in [1.82, 2.24) is 0 Å². The molecule has 0 saturated carbocycles. The maximum absolute atomic E-state index is 10.1. The van der Waals surface area contributed by atoms with E-state index in [1.54, 1.807) is 0 Å². The number of aliphatic hydroxyl groups is 1. The summed E-state index contributed by atoms with van der Waals surface area (Å²) >= 11 is 6.11. The molecule has 0 aliphatic carbocycles. The predicted molar refractivity (Wildman–Crippen MR) is 68.8 cm³/mol. The summed E-state index contributed by atoms with van der Waals surface area (Å²) in [6, 6.07) is 7.59. The van der Waals surface area contributed by atoms with E-state index in [-0.39, 0.29) is 5.92 Å². The second-order valence-electron chi connectivity index (χ2n) is 4.07. The molecule has 0 aromatic heterocycles. The Balaban J connectivity index is 2.77. The summed E-state index contributed by atoms with van der Waals surface area (Å²) in [6.07, 6.45) is 2.48. The lowest BCUT2D eigenvalue weighted by molar-refractivity contribution is 0.133. The molecule has 1 aromatic rings. The zero-order valence-electron chi connectivity index (χ0n) is 9.70. The van der Waals surface area contributed by atoms with Crippen molar-refractivity contribution in [3.63, 3.8) is 0 Å². The van der Waals surface area contributed by atoms with E-state index >= 15 is 0 Å². The topological polar surface area (TPSA) is 46.2 Å². The van der Waals surface area contributed by atoms with Crippen molar-refractivity contribution in [2.75, 3.05) is 6.54 Å². The van der Waals surface area contributed by atoms with Gasteiger partial charge in [-0.1, -0.05) is 49.6 Å². The first kappa shape index (κ1) is 13.5. The molecule has 90 valence electrons. The largest absolute Gasteiger partial charge is 0.392 e. The SMILES string of the molecule is CCCCC(O)C(CN)c1ccccc1Cl. The summed E-state index contributed by atoms with van der Waals surface area (Å²) in [5, 5.41) is 10.8. The Morgan fingerprint density at radius 1 is 1.38 bits per heavy atom. The molecule has 1 aromatic carbocycles. The van der Waals surface area contributed by atoms with Gasteiger partial charge in [-0.05, 0) is 18.1 Å². The van der Waals surface area contributed by atoms with E-state index in [9.17, 15) is 5.11 Å². The van der Waals surface area contributed by atoms with E-state index in [1.807, 2.05) is 24.3 Å². The fourth-order valence-electron chi connectivity index (χ4n) is 1.88. The molecule has 3 N–H and O–H groups in total. The minimum absolute atomic E-state index is 0.0553. The molecule has 0 aliphatic rings. The molecule has 0 bridgehead atoms. The maximum Gasteiger partial charge on any atom is 0.0621 e. The van der Waals surface area contributed by atoms with Crippen molar-refractivity contribution in [2.45, 2.75) is 38.2 Å². The Kier molecular flexibility index (Phi) is 5.81. The monoisotopic (exact) mass is 241 g/mol. The molecule has 0 spiro atoms. The van der Waals surface area contributed by atoms with Crippen LogP contribution in [-0.2, 0) is 0 Å². The molecule has 0 saturated heterocycles. The lowest BCUT2D eigenvalue weighted by Gasteiger charge is -2.22. The highest BCUT2D eigenvalue weighted by molar-refractivity contribution is 6.31. The van der Waals surface area contributed by atoms with Gasteiger partial charge in [0.25, 0.3) is 0 Å². The first-order chi connectivity index (χ1) is 7.70. The second kappa shape index (κ2) is 6.89. The molecule has 0 heterocycles. The van der Waals surface area contributed by atoms with Gasteiger partial charge in [0.2, 0.25) is 0 Å². The minimum Gasteiger partial charge on any atom is -0.392 e. The summed E-state index contributed by atoms with van der Waals surface area (Å²) in [4.78, 5) is 0. The average Bonchev–Trinajstić information content (AvgIpc) is 2.30. The van der Waals surface area contributed by atoms with Crippen molar-refractivity contribution in [3.05, 3.63) is 34.9 Å². The third-order valence-electron chi connectivity index (χ3n) is 2.88. The van der Waals surface area contributed by atoms with Crippen LogP contribution in [0, 0.1) is 0 Å². The van der Waals surface area contributed by atoms with Crippen LogP contribution in [0.2, 0.25) is 5.02 Å². The van der Waals surface area contributed by atoms with Gasteiger partial charge in [-0.2, -0.15) is 0 Å². The van der Waals surface area contributed by atoms with Crippen molar-refractivity contribution in [1.29, 1.82) is 0 Å². The first-order valence-electron chi connectivity index (χ1n) is 5.83. The number of hydrogen-bond acceptors (Lipinski definition) is 2. The maximum atomic E-state index is 10.1. The van der Waals surface area contributed by atoms with E-state index in [2.05, 4.69) is 6.92 Å². The van der Waals surface area contributed by atoms with Crippen LogP contribution < -0.4 is 5.73 Å². The molecule has 1 rings (SSSR count). The minimum atomic E-state index is -0.398. The van der Waals surface area contributed by atoms with Crippen LogP contribution in [0.1, 0.15) is 37.7 Å². The van der Waals surface area contributed by atoms with Crippen molar-refractivity contribution < 1.29 is 5.11 Å². The smallest absolute Gasteiger partial charge is 0.0621 e. The van der Waals surface area contributed by atoms with Crippen molar-refractivity contribution in [3.8, 4) is 0 Å². The molecule has 3 heteroatoms. The van der Waals surface area contributed by atoms with Crippen LogP contribution in [0.5, 0.6) is 0 Å². The summed E-state index contributed by atoms with van der Waals surface area (Å²) < 4.78 is 0. The van der Waals surface area contributed by atoms with Crippen molar-refractivity contribution in [2.24, 2.45) is 5.73 Å². The fraction of sp³-hybridized carbons (Fsp3) is 0.538. The van der Waals surface area contributed by atoms with Gasteiger partial charge in [0.05, 0.1) is 6.10 Å². The average molecular weight is 242 g/mol. The van der Waals surface area contributed by atoms with Crippen molar-refractivity contribution >= 4 is 11.6 Å². The zero-order chi connectivity index (χ0) is 12.0. The van der Waals surface area contributed by atoms with Gasteiger partial charge in [-0.15, -0.1) is 0 Å². The second-order valence-corrected chi connectivity index (χ2v) is 4.48. The fourth-order valence-corrected chi connectivity index (χ4v) is 2.16. The highest BCUT2D eigenvalue weighted by Crippen LogP contribution is 2.28.